The van der Waals surface area contributed by atoms with Crippen molar-refractivity contribution in [2.45, 2.75) is 51.3 Å². The minimum Gasteiger partial charge on any atom is -0.393 e. The molecule has 2 unspecified atom stereocenters. The van der Waals surface area contributed by atoms with Gasteiger partial charge in [0.25, 0.3) is 0 Å². The topological polar surface area (TPSA) is 74.4 Å². The zero-order valence-corrected chi connectivity index (χ0v) is 11.5. The summed E-state index contributed by atoms with van der Waals surface area (Å²) in [7, 11) is 0. The molecular weight excluding hydrogens is 240 g/mol. The highest BCUT2D eigenvalue weighted by molar-refractivity contribution is 5.35. The number of nitrogens with zero attached hydrogens (tertiary/aromatic N) is 2. The number of nitrogen functional groups attached to an aromatic ring is 1. The Morgan fingerprint density at radius 3 is 3.16 bits per heavy atom. The number of likely N-dealkylation sites (tertiary alicyclic amines) is 1. The molecule has 1 fully saturated rings. The molecule has 5 nitrogen and oxygen atoms in total. The maximum absolute atomic E-state index is 9.61. The number of aromatic nitrogens is 1. The van der Waals surface area contributed by atoms with E-state index >= 15 is 0 Å². The molecule has 0 radical (unpaired) electrons. The molecule has 0 amide bonds. The van der Waals surface area contributed by atoms with Gasteiger partial charge in [0, 0.05) is 18.8 Å². The van der Waals surface area contributed by atoms with Gasteiger partial charge >= 0.3 is 0 Å². The number of aliphatic hydroxyl groups excluding tert-OH is 1. The highest BCUT2D eigenvalue weighted by Gasteiger charge is 2.23. The summed E-state index contributed by atoms with van der Waals surface area (Å²) >= 11 is 0. The molecule has 1 aliphatic rings. The predicted octanol–water partition coefficient (Wildman–Crippen LogP) is 1.49. The second kappa shape index (κ2) is 6.84. The van der Waals surface area contributed by atoms with Crippen LogP contribution in [0.3, 0.4) is 0 Å². The second-order valence-electron chi connectivity index (χ2n) is 5.40. The fourth-order valence-corrected chi connectivity index (χ4v) is 2.81. The summed E-state index contributed by atoms with van der Waals surface area (Å²) in [5.74, 6) is 6.08. The number of nitrogens with two attached hydrogens (primary N) is 1. The molecule has 0 aliphatic carbocycles. The van der Waals surface area contributed by atoms with Crippen LogP contribution in [0, 0.1) is 0 Å². The average Bonchev–Trinajstić information content (AvgIpc) is 2.41. The van der Waals surface area contributed by atoms with Crippen LogP contribution in [0.2, 0.25) is 0 Å². The molecule has 2 rings (SSSR count). The summed E-state index contributed by atoms with van der Waals surface area (Å²) in [6, 6.07) is 4.49. The van der Waals surface area contributed by atoms with Gasteiger partial charge in [0.05, 0.1) is 6.10 Å². The third kappa shape index (κ3) is 4.16. The maximum Gasteiger partial charge on any atom is 0.140 e. The van der Waals surface area contributed by atoms with E-state index in [0.29, 0.717) is 11.9 Å². The van der Waals surface area contributed by atoms with Gasteiger partial charge < -0.3 is 10.5 Å². The minimum absolute atomic E-state index is 0.232. The van der Waals surface area contributed by atoms with E-state index < -0.39 is 0 Å². The first-order chi connectivity index (χ1) is 9.19. The third-order valence-electron chi connectivity index (χ3n) is 3.72. The Morgan fingerprint density at radius 2 is 2.42 bits per heavy atom. The third-order valence-corrected chi connectivity index (χ3v) is 3.72. The van der Waals surface area contributed by atoms with Crippen molar-refractivity contribution in [3.05, 3.63) is 23.9 Å². The molecule has 19 heavy (non-hydrogen) atoms. The van der Waals surface area contributed by atoms with Crippen LogP contribution >= 0.6 is 0 Å². The molecule has 2 atom stereocenters. The van der Waals surface area contributed by atoms with Crippen LogP contribution in [0.15, 0.2) is 18.3 Å². The molecule has 1 saturated heterocycles. The molecule has 1 aliphatic heterocycles. The largest absolute Gasteiger partial charge is 0.393 e. The standard InChI is InChI=1S/C14H24N4O/c1-11(19)8-13-4-2-3-7-18(13)10-12-5-6-16-14(9-12)17-15/h5-6,9,11,13,19H,2-4,7-8,10,15H2,1H3,(H,16,17). The lowest BCUT2D eigenvalue weighted by molar-refractivity contribution is 0.0818. The van der Waals surface area contributed by atoms with Crippen LogP contribution in [0.1, 0.15) is 38.2 Å². The van der Waals surface area contributed by atoms with E-state index in [9.17, 15) is 5.11 Å². The fourth-order valence-electron chi connectivity index (χ4n) is 2.81. The lowest BCUT2D eigenvalue weighted by Gasteiger charge is -2.36. The van der Waals surface area contributed by atoms with Gasteiger partial charge in [-0.15, -0.1) is 0 Å². The normalized spacial score (nSPS) is 22.2. The van der Waals surface area contributed by atoms with Gasteiger partial charge in [-0.25, -0.2) is 10.8 Å². The highest BCUT2D eigenvalue weighted by Crippen LogP contribution is 2.23. The van der Waals surface area contributed by atoms with Crippen LogP contribution in [0.25, 0.3) is 0 Å². The summed E-state index contributed by atoms with van der Waals surface area (Å²) in [6.45, 7) is 3.87. The number of nitrogens with one attached hydrogen (secondary N) is 1. The number of pyridine rings is 1. The van der Waals surface area contributed by atoms with E-state index in [1.54, 1.807) is 6.20 Å². The number of hydrogen-bond acceptors (Lipinski definition) is 5. The molecule has 106 valence electrons. The summed E-state index contributed by atoms with van der Waals surface area (Å²) < 4.78 is 0. The molecule has 0 aromatic carbocycles. The number of piperidine rings is 1. The van der Waals surface area contributed by atoms with Gasteiger partial charge in [0.15, 0.2) is 0 Å². The van der Waals surface area contributed by atoms with Crippen LogP contribution in [-0.4, -0.2) is 33.7 Å². The zero-order chi connectivity index (χ0) is 13.7. The lowest BCUT2D eigenvalue weighted by atomic mass is 9.96. The SMILES string of the molecule is CC(O)CC1CCCCN1Cc1ccnc(NN)c1. The Balaban J connectivity index is 2.01. The van der Waals surface area contributed by atoms with E-state index in [4.69, 9.17) is 5.84 Å². The quantitative estimate of drug-likeness (QED) is 0.555. The van der Waals surface area contributed by atoms with Gasteiger partial charge in [0.2, 0.25) is 0 Å². The summed E-state index contributed by atoms with van der Waals surface area (Å²) in [5, 5.41) is 9.61. The molecule has 0 saturated carbocycles. The minimum atomic E-state index is -0.232. The van der Waals surface area contributed by atoms with Crippen molar-refractivity contribution in [1.29, 1.82) is 0 Å². The Hall–Kier alpha value is -1.17. The van der Waals surface area contributed by atoms with Gasteiger partial charge in [-0.05, 0) is 50.4 Å². The Bertz CT molecular complexity index is 397. The van der Waals surface area contributed by atoms with E-state index in [0.717, 1.165) is 19.5 Å². The van der Waals surface area contributed by atoms with Crippen LogP contribution < -0.4 is 11.3 Å². The fraction of sp³-hybridized carbons (Fsp3) is 0.643. The highest BCUT2D eigenvalue weighted by atomic mass is 16.3. The van der Waals surface area contributed by atoms with E-state index in [1.807, 2.05) is 19.1 Å². The Labute approximate surface area is 114 Å². The van der Waals surface area contributed by atoms with Crippen LogP contribution in [-0.2, 0) is 6.54 Å². The van der Waals surface area contributed by atoms with Gasteiger partial charge in [-0.2, -0.15) is 0 Å². The molecule has 4 N–H and O–H groups in total. The van der Waals surface area contributed by atoms with Crippen molar-refractivity contribution in [2.24, 2.45) is 5.84 Å². The summed E-state index contributed by atoms with van der Waals surface area (Å²) in [5.41, 5.74) is 3.79. The maximum atomic E-state index is 9.61. The van der Waals surface area contributed by atoms with E-state index in [-0.39, 0.29) is 6.10 Å². The molecule has 2 heterocycles. The first kappa shape index (κ1) is 14.2. The van der Waals surface area contributed by atoms with Gasteiger partial charge in [0.1, 0.15) is 5.82 Å². The number of hydrazine groups is 1. The number of aliphatic hydroxyl groups is 1. The van der Waals surface area contributed by atoms with Crippen LogP contribution in [0.4, 0.5) is 5.82 Å². The molecule has 1 aromatic heterocycles. The van der Waals surface area contributed by atoms with Gasteiger partial charge in [-0.3, -0.25) is 4.90 Å². The van der Waals surface area contributed by atoms with Crippen molar-refractivity contribution in [2.75, 3.05) is 12.0 Å². The average molecular weight is 264 g/mol. The second-order valence-corrected chi connectivity index (χ2v) is 5.40. The zero-order valence-electron chi connectivity index (χ0n) is 11.5. The molecule has 0 bridgehead atoms. The van der Waals surface area contributed by atoms with Crippen molar-refractivity contribution in [3.8, 4) is 0 Å². The Morgan fingerprint density at radius 1 is 1.58 bits per heavy atom. The number of hydrogen-bond donors (Lipinski definition) is 3. The molecule has 0 spiro atoms. The smallest absolute Gasteiger partial charge is 0.140 e. The van der Waals surface area contributed by atoms with E-state index in [1.165, 1.54) is 24.8 Å². The van der Waals surface area contributed by atoms with E-state index in [2.05, 4.69) is 15.3 Å². The van der Waals surface area contributed by atoms with Crippen molar-refractivity contribution < 1.29 is 5.11 Å². The number of rotatable bonds is 5. The molecule has 5 heteroatoms. The lowest BCUT2D eigenvalue weighted by Crippen LogP contribution is -2.40. The molecule has 1 aromatic rings. The monoisotopic (exact) mass is 264 g/mol. The summed E-state index contributed by atoms with van der Waals surface area (Å²) in [4.78, 5) is 6.59. The summed E-state index contributed by atoms with van der Waals surface area (Å²) in [6.07, 6.45) is 6.08. The van der Waals surface area contributed by atoms with Crippen molar-refractivity contribution >= 4 is 5.82 Å². The van der Waals surface area contributed by atoms with Crippen LogP contribution in [0.5, 0.6) is 0 Å². The van der Waals surface area contributed by atoms with Crippen molar-refractivity contribution in [3.63, 3.8) is 0 Å². The number of anilines is 1. The first-order valence-electron chi connectivity index (χ1n) is 7.02. The van der Waals surface area contributed by atoms with Gasteiger partial charge in [-0.1, -0.05) is 6.42 Å². The first-order valence-corrected chi connectivity index (χ1v) is 7.02. The van der Waals surface area contributed by atoms with Crippen molar-refractivity contribution in [1.82, 2.24) is 9.88 Å². The predicted molar refractivity (Wildman–Crippen MR) is 76.4 cm³/mol. The Kier molecular flexibility index (Phi) is 5.13. The molecular formula is C14H24N4O.